The Morgan fingerprint density at radius 2 is 1.70 bits per heavy atom. The molecular weight excluding hydrogens is 420 g/mol. The van der Waals surface area contributed by atoms with E-state index in [2.05, 4.69) is 15.8 Å². The summed E-state index contributed by atoms with van der Waals surface area (Å²) in [4.78, 5) is 39.7. The Kier molecular flexibility index (Phi) is 5.42. The minimum absolute atomic E-state index is 0.0946. The van der Waals surface area contributed by atoms with E-state index in [1.165, 1.54) is 0 Å². The Balaban J connectivity index is 1.29. The zero-order chi connectivity index (χ0) is 22.8. The average molecular weight is 444 g/mol. The number of benzene rings is 2. The molecule has 0 saturated carbocycles. The summed E-state index contributed by atoms with van der Waals surface area (Å²) < 4.78 is 5.33. The van der Waals surface area contributed by atoms with E-state index in [0.29, 0.717) is 38.0 Å². The van der Waals surface area contributed by atoms with Gasteiger partial charge in [-0.05, 0) is 24.3 Å². The van der Waals surface area contributed by atoms with Crippen molar-refractivity contribution in [3.05, 3.63) is 78.1 Å². The van der Waals surface area contributed by atoms with Crippen LogP contribution >= 0.6 is 0 Å². The zero-order valence-corrected chi connectivity index (χ0v) is 18.0. The van der Waals surface area contributed by atoms with E-state index in [-0.39, 0.29) is 23.5 Å². The number of hydrogen-bond donors (Lipinski definition) is 2. The van der Waals surface area contributed by atoms with E-state index < -0.39 is 11.6 Å². The van der Waals surface area contributed by atoms with Gasteiger partial charge in [-0.15, -0.1) is 0 Å². The first-order valence-corrected chi connectivity index (χ1v) is 11.0. The van der Waals surface area contributed by atoms with Crippen LogP contribution in [0.1, 0.15) is 29.0 Å². The molecule has 8 nitrogen and oxygen atoms in total. The lowest BCUT2D eigenvalue weighted by molar-refractivity contribution is -0.126. The molecule has 0 radical (unpaired) electrons. The number of urea groups is 1. The van der Waals surface area contributed by atoms with E-state index in [4.69, 9.17) is 4.52 Å². The molecule has 2 aliphatic rings. The molecular formula is C25H24N4O4. The fourth-order valence-electron chi connectivity index (χ4n) is 4.83. The van der Waals surface area contributed by atoms with Crippen molar-refractivity contribution in [1.82, 2.24) is 20.7 Å². The predicted octanol–water partition coefficient (Wildman–Crippen LogP) is 3.01. The monoisotopic (exact) mass is 444 g/mol. The Bertz CT molecular complexity index is 1170. The summed E-state index contributed by atoms with van der Waals surface area (Å²) in [5.41, 5.74) is 1.45. The number of amides is 4. The van der Waals surface area contributed by atoms with E-state index in [9.17, 15) is 14.4 Å². The van der Waals surface area contributed by atoms with Crippen LogP contribution in [-0.2, 0) is 11.2 Å². The van der Waals surface area contributed by atoms with Crippen molar-refractivity contribution in [3.63, 3.8) is 0 Å². The van der Waals surface area contributed by atoms with Gasteiger partial charge in [-0.25, -0.2) is 4.79 Å². The van der Waals surface area contributed by atoms with Gasteiger partial charge in [0.15, 0.2) is 0 Å². The quantitative estimate of drug-likeness (QED) is 0.589. The summed E-state index contributed by atoms with van der Waals surface area (Å²) in [7, 11) is 0. The molecule has 0 bridgehead atoms. The number of nitrogens with zero attached hydrogens (tertiary/aromatic N) is 2. The fourth-order valence-corrected chi connectivity index (χ4v) is 4.83. The number of aromatic nitrogens is 1. The number of hydrogen-bond acceptors (Lipinski definition) is 5. The second kappa shape index (κ2) is 8.54. The van der Waals surface area contributed by atoms with Crippen LogP contribution in [0.5, 0.6) is 0 Å². The number of carbonyl (C=O) groups excluding carboxylic acids is 3. The average Bonchev–Trinajstić information content (AvgIpc) is 3.45. The third-order valence-corrected chi connectivity index (χ3v) is 6.56. The highest BCUT2D eigenvalue weighted by Gasteiger charge is 2.52. The second-order valence-electron chi connectivity index (χ2n) is 8.55. The van der Waals surface area contributed by atoms with Crippen molar-refractivity contribution in [2.45, 2.75) is 24.8 Å². The molecule has 3 aromatic rings. The Morgan fingerprint density at radius 3 is 2.33 bits per heavy atom. The summed E-state index contributed by atoms with van der Waals surface area (Å²) in [6, 6.07) is 20.4. The third kappa shape index (κ3) is 4.00. The molecule has 5 rings (SSSR count). The highest BCUT2D eigenvalue weighted by molar-refractivity contribution is 6.07. The van der Waals surface area contributed by atoms with Crippen LogP contribution in [0.2, 0.25) is 0 Å². The van der Waals surface area contributed by atoms with Crippen molar-refractivity contribution >= 4 is 17.8 Å². The van der Waals surface area contributed by atoms with Crippen LogP contribution in [0.3, 0.4) is 0 Å². The van der Waals surface area contributed by atoms with E-state index >= 15 is 0 Å². The van der Waals surface area contributed by atoms with Gasteiger partial charge < -0.3 is 14.7 Å². The molecule has 0 unspecified atom stereocenters. The van der Waals surface area contributed by atoms with Crippen molar-refractivity contribution in [2.24, 2.45) is 5.92 Å². The maximum absolute atomic E-state index is 13.0. The van der Waals surface area contributed by atoms with Crippen LogP contribution in [0, 0.1) is 5.92 Å². The number of likely N-dealkylation sites (tertiary alicyclic amines) is 1. The standard InChI is InChI=1S/C25H24N4O4/c30-22(21-15-20(28-33-21)18-9-5-2-6-10-18)29-13-11-19(12-14-29)25(23(31)26-24(32)27-25)16-17-7-3-1-4-8-17/h1-10,15,19H,11-14,16H2,(H2,26,27,31,32)/t25-/m1/s1. The molecule has 0 spiro atoms. The van der Waals surface area contributed by atoms with Gasteiger partial charge in [0.05, 0.1) is 0 Å². The predicted molar refractivity (Wildman–Crippen MR) is 120 cm³/mol. The summed E-state index contributed by atoms with van der Waals surface area (Å²) in [6.45, 7) is 0.926. The third-order valence-electron chi connectivity index (χ3n) is 6.56. The van der Waals surface area contributed by atoms with Crippen molar-refractivity contribution < 1.29 is 18.9 Å². The van der Waals surface area contributed by atoms with Gasteiger partial charge in [0, 0.05) is 31.1 Å². The molecule has 2 aliphatic heterocycles. The molecule has 33 heavy (non-hydrogen) atoms. The zero-order valence-electron chi connectivity index (χ0n) is 18.0. The summed E-state index contributed by atoms with van der Waals surface area (Å²) >= 11 is 0. The van der Waals surface area contributed by atoms with Gasteiger partial charge in [-0.3, -0.25) is 14.9 Å². The van der Waals surface area contributed by atoms with Gasteiger partial charge in [0.1, 0.15) is 11.2 Å². The number of nitrogens with one attached hydrogen (secondary N) is 2. The SMILES string of the molecule is O=C1NC(=O)[C@@](Cc2ccccc2)(C2CCN(C(=O)c3cc(-c4ccccc4)no3)CC2)N1. The Hall–Kier alpha value is -3.94. The summed E-state index contributed by atoms with van der Waals surface area (Å²) in [5, 5.41) is 9.35. The topological polar surface area (TPSA) is 105 Å². The molecule has 0 aliphatic carbocycles. The molecule has 4 amide bonds. The number of piperidine rings is 1. The second-order valence-corrected chi connectivity index (χ2v) is 8.55. The largest absolute Gasteiger partial charge is 0.350 e. The maximum Gasteiger partial charge on any atom is 0.322 e. The molecule has 2 fully saturated rings. The van der Waals surface area contributed by atoms with Crippen molar-refractivity contribution in [3.8, 4) is 11.3 Å². The van der Waals surface area contributed by atoms with E-state index in [1.54, 1.807) is 11.0 Å². The normalized spacial score (nSPS) is 21.0. The molecule has 3 heterocycles. The smallest absolute Gasteiger partial charge is 0.322 e. The highest BCUT2D eigenvalue weighted by atomic mass is 16.5. The lowest BCUT2D eigenvalue weighted by Gasteiger charge is -2.40. The first-order valence-electron chi connectivity index (χ1n) is 11.0. The number of carbonyl (C=O) groups is 3. The van der Waals surface area contributed by atoms with Crippen molar-refractivity contribution in [2.75, 3.05) is 13.1 Å². The lowest BCUT2D eigenvalue weighted by atomic mass is 9.74. The number of rotatable bonds is 5. The van der Waals surface area contributed by atoms with Crippen LogP contribution in [0.4, 0.5) is 4.79 Å². The molecule has 8 heteroatoms. The molecule has 1 atom stereocenters. The molecule has 2 N–H and O–H groups in total. The van der Waals surface area contributed by atoms with Gasteiger partial charge >= 0.3 is 6.03 Å². The van der Waals surface area contributed by atoms with Crippen LogP contribution in [-0.4, -0.2) is 46.5 Å². The fraction of sp³-hybridized carbons (Fsp3) is 0.280. The lowest BCUT2D eigenvalue weighted by Crippen LogP contribution is -2.57. The minimum atomic E-state index is -1.01. The first kappa shape index (κ1) is 20.9. The van der Waals surface area contributed by atoms with Crippen LogP contribution in [0.15, 0.2) is 71.3 Å². The van der Waals surface area contributed by atoms with Gasteiger partial charge in [-0.2, -0.15) is 0 Å². The Morgan fingerprint density at radius 1 is 1.03 bits per heavy atom. The maximum atomic E-state index is 13.0. The van der Waals surface area contributed by atoms with E-state index in [1.807, 2.05) is 60.7 Å². The number of imide groups is 1. The Labute approximate surface area is 190 Å². The minimum Gasteiger partial charge on any atom is -0.350 e. The first-order chi connectivity index (χ1) is 16.0. The highest BCUT2D eigenvalue weighted by Crippen LogP contribution is 2.34. The molecule has 1 aromatic heterocycles. The van der Waals surface area contributed by atoms with Crippen LogP contribution < -0.4 is 10.6 Å². The summed E-state index contributed by atoms with van der Waals surface area (Å²) in [6.07, 6.45) is 1.59. The van der Waals surface area contributed by atoms with Gasteiger partial charge in [0.25, 0.3) is 11.8 Å². The van der Waals surface area contributed by atoms with Gasteiger partial charge in [0.2, 0.25) is 5.76 Å². The van der Waals surface area contributed by atoms with Gasteiger partial charge in [-0.1, -0.05) is 65.8 Å². The van der Waals surface area contributed by atoms with Crippen LogP contribution in [0.25, 0.3) is 11.3 Å². The van der Waals surface area contributed by atoms with Crippen molar-refractivity contribution in [1.29, 1.82) is 0 Å². The molecule has 2 aromatic carbocycles. The molecule has 168 valence electrons. The summed E-state index contributed by atoms with van der Waals surface area (Å²) in [5.74, 6) is -0.426. The van der Waals surface area contributed by atoms with E-state index in [0.717, 1.165) is 11.1 Å². The molecule has 2 saturated heterocycles.